The van der Waals surface area contributed by atoms with Gasteiger partial charge >= 0.3 is 0 Å². The molecule has 2 nitrogen and oxygen atoms in total. The Morgan fingerprint density at radius 3 is 2.27 bits per heavy atom. The lowest BCUT2D eigenvalue weighted by atomic mass is 9.83. The van der Waals surface area contributed by atoms with Crippen LogP contribution in [0.4, 0.5) is 0 Å². The van der Waals surface area contributed by atoms with Crippen LogP contribution < -0.4 is 5.11 Å². The summed E-state index contributed by atoms with van der Waals surface area (Å²) in [5.74, 6) is -1.11. The van der Waals surface area contributed by atoms with E-state index in [2.05, 4.69) is 0 Å². The maximum absolute atomic E-state index is 10.6. The van der Waals surface area contributed by atoms with Crippen LogP contribution >= 0.6 is 0 Å². The van der Waals surface area contributed by atoms with Crippen LogP contribution in [0, 0.1) is 0 Å². The van der Waals surface area contributed by atoms with E-state index < -0.39 is 5.97 Å². The standard InChI is InChI=1S/C13H16O2/c1-10(12(14)15)9-13(2,3)11-7-5-4-6-8-11/h4-9H,1-3H3,(H,14,15)/p-1/b10-9+. The summed E-state index contributed by atoms with van der Waals surface area (Å²) >= 11 is 0. The minimum Gasteiger partial charge on any atom is -0.545 e. The van der Waals surface area contributed by atoms with E-state index in [9.17, 15) is 9.90 Å². The monoisotopic (exact) mass is 203 g/mol. The van der Waals surface area contributed by atoms with Crippen LogP contribution in [0.25, 0.3) is 0 Å². The number of benzene rings is 1. The van der Waals surface area contributed by atoms with Gasteiger partial charge in [0.05, 0.1) is 5.97 Å². The Labute approximate surface area is 90.3 Å². The highest BCUT2D eigenvalue weighted by Gasteiger charge is 2.17. The van der Waals surface area contributed by atoms with Crippen LogP contribution in [-0.4, -0.2) is 5.97 Å². The van der Waals surface area contributed by atoms with Crippen molar-refractivity contribution in [3.05, 3.63) is 47.5 Å². The number of carboxylic acids is 1. The summed E-state index contributed by atoms with van der Waals surface area (Å²) in [6, 6.07) is 9.80. The van der Waals surface area contributed by atoms with E-state index >= 15 is 0 Å². The molecule has 0 bridgehead atoms. The zero-order valence-electron chi connectivity index (χ0n) is 9.28. The smallest absolute Gasteiger partial charge is 0.0669 e. The molecule has 1 aromatic rings. The number of rotatable bonds is 3. The molecule has 0 aliphatic rings. The van der Waals surface area contributed by atoms with Crippen LogP contribution in [0.15, 0.2) is 42.0 Å². The van der Waals surface area contributed by atoms with Crippen molar-refractivity contribution in [1.82, 2.24) is 0 Å². The van der Waals surface area contributed by atoms with Gasteiger partial charge in [-0.25, -0.2) is 0 Å². The quantitative estimate of drug-likeness (QED) is 0.701. The van der Waals surface area contributed by atoms with Gasteiger partial charge in [0.2, 0.25) is 0 Å². The zero-order chi connectivity index (χ0) is 11.5. The Morgan fingerprint density at radius 2 is 1.80 bits per heavy atom. The molecule has 0 saturated carbocycles. The number of allylic oxidation sites excluding steroid dienone is 1. The fourth-order valence-corrected chi connectivity index (χ4v) is 1.55. The van der Waals surface area contributed by atoms with Crippen molar-refractivity contribution in [3.63, 3.8) is 0 Å². The molecule has 15 heavy (non-hydrogen) atoms. The van der Waals surface area contributed by atoms with Gasteiger partial charge in [-0.15, -0.1) is 0 Å². The third-order valence-electron chi connectivity index (χ3n) is 2.42. The molecule has 0 aliphatic carbocycles. The topological polar surface area (TPSA) is 40.1 Å². The molecule has 2 heteroatoms. The Bertz CT molecular complexity index is 375. The highest BCUT2D eigenvalue weighted by atomic mass is 16.4. The number of carboxylic acid groups (broad SMARTS) is 1. The van der Waals surface area contributed by atoms with Crippen LogP contribution in [0.1, 0.15) is 26.3 Å². The second-order valence-corrected chi connectivity index (χ2v) is 4.20. The lowest BCUT2D eigenvalue weighted by Gasteiger charge is -2.22. The van der Waals surface area contributed by atoms with Gasteiger partial charge in [0.25, 0.3) is 0 Å². The van der Waals surface area contributed by atoms with E-state index in [0.717, 1.165) is 5.56 Å². The molecule has 80 valence electrons. The highest BCUT2D eigenvalue weighted by molar-refractivity contribution is 5.84. The van der Waals surface area contributed by atoms with Gasteiger partial charge < -0.3 is 9.90 Å². The minimum atomic E-state index is -1.11. The molecule has 0 fully saturated rings. The van der Waals surface area contributed by atoms with Crippen LogP contribution in [0.5, 0.6) is 0 Å². The van der Waals surface area contributed by atoms with Crippen molar-refractivity contribution in [2.24, 2.45) is 0 Å². The second kappa shape index (κ2) is 4.30. The van der Waals surface area contributed by atoms with E-state index in [0.29, 0.717) is 0 Å². The maximum atomic E-state index is 10.6. The summed E-state index contributed by atoms with van der Waals surface area (Å²) in [5.41, 5.74) is 1.07. The van der Waals surface area contributed by atoms with Crippen molar-refractivity contribution >= 4 is 5.97 Å². The molecule has 1 rings (SSSR count). The molecule has 0 aromatic heterocycles. The van der Waals surface area contributed by atoms with E-state index in [1.165, 1.54) is 0 Å². The average Bonchev–Trinajstić information content (AvgIpc) is 2.18. The van der Waals surface area contributed by atoms with E-state index in [1.54, 1.807) is 13.0 Å². The van der Waals surface area contributed by atoms with Gasteiger partial charge in [0.1, 0.15) is 0 Å². The summed E-state index contributed by atoms with van der Waals surface area (Å²) in [7, 11) is 0. The van der Waals surface area contributed by atoms with Gasteiger partial charge in [0, 0.05) is 5.41 Å². The number of aliphatic carboxylic acids is 1. The molecule has 0 heterocycles. The number of hydrogen-bond acceptors (Lipinski definition) is 2. The molecular weight excluding hydrogens is 188 g/mol. The SMILES string of the molecule is C/C(=C\C(C)(C)c1ccccc1)C(=O)[O-]. The Balaban J connectivity index is 3.04. The molecule has 0 N–H and O–H groups in total. The van der Waals surface area contributed by atoms with Gasteiger partial charge in [-0.1, -0.05) is 50.3 Å². The zero-order valence-corrected chi connectivity index (χ0v) is 9.28. The van der Waals surface area contributed by atoms with Crippen molar-refractivity contribution in [2.75, 3.05) is 0 Å². The summed E-state index contributed by atoms with van der Waals surface area (Å²) in [4.78, 5) is 10.6. The third-order valence-corrected chi connectivity index (χ3v) is 2.42. The average molecular weight is 203 g/mol. The number of hydrogen-bond donors (Lipinski definition) is 0. The van der Waals surface area contributed by atoms with E-state index in [4.69, 9.17) is 0 Å². The first kappa shape index (κ1) is 11.5. The van der Waals surface area contributed by atoms with Crippen LogP contribution in [-0.2, 0) is 10.2 Å². The molecule has 0 spiro atoms. The number of carbonyl (C=O) groups excluding carboxylic acids is 1. The van der Waals surface area contributed by atoms with Gasteiger partial charge in [-0.2, -0.15) is 0 Å². The summed E-state index contributed by atoms with van der Waals surface area (Å²) in [5, 5.41) is 10.6. The molecular formula is C13H15O2-. The third kappa shape index (κ3) is 2.94. The maximum Gasteiger partial charge on any atom is 0.0669 e. The Kier molecular flexibility index (Phi) is 3.30. The molecule has 1 aromatic carbocycles. The highest BCUT2D eigenvalue weighted by Crippen LogP contribution is 2.25. The first-order valence-electron chi connectivity index (χ1n) is 4.90. The molecule has 0 amide bonds. The van der Waals surface area contributed by atoms with Crippen molar-refractivity contribution < 1.29 is 9.90 Å². The van der Waals surface area contributed by atoms with E-state index in [1.807, 2.05) is 44.2 Å². The van der Waals surface area contributed by atoms with E-state index in [-0.39, 0.29) is 11.0 Å². The van der Waals surface area contributed by atoms with Crippen LogP contribution in [0.3, 0.4) is 0 Å². The predicted molar refractivity (Wildman–Crippen MR) is 58.2 cm³/mol. The Hall–Kier alpha value is -1.57. The lowest BCUT2D eigenvalue weighted by Crippen LogP contribution is -2.25. The van der Waals surface area contributed by atoms with Crippen molar-refractivity contribution in [1.29, 1.82) is 0 Å². The fraction of sp³-hybridized carbons (Fsp3) is 0.308. The summed E-state index contributed by atoms with van der Waals surface area (Å²) in [6.45, 7) is 5.52. The molecule has 0 radical (unpaired) electrons. The molecule has 0 atom stereocenters. The summed E-state index contributed by atoms with van der Waals surface area (Å²) in [6.07, 6.45) is 1.72. The molecule has 0 aliphatic heterocycles. The molecule has 0 saturated heterocycles. The lowest BCUT2D eigenvalue weighted by molar-refractivity contribution is -0.299. The first-order chi connectivity index (χ1) is 6.93. The predicted octanol–water partition coefficient (Wildman–Crippen LogP) is 1.66. The first-order valence-corrected chi connectivity index (χ1v) is 4.90. The largest absolute Gasteiger partial charge is 0.545 e. The minimum absolute atomic E-state index is 0.267. The van der Waals surface area contributed by atoms with Crippen LogP contribution in [0.2, 0.25) is 0 Å². The van der Waals surface area contributed by atoms with Gasteiger partial charge in [0.15, 0.2) is 0 Å². The van der Waals surface area contributed by atoms with Gasteiger partial charge in [-0.3, -0.25) is 0 Å². The second-order valence-electron chi connectivity index (χ2n) is 4.20. The van der Waals surface area contributed by atoms with Gasteiger partial charge in [-0.05, 0) is 18.1 Å². The summed E-state index contributed by atoms with van der Waals surface area (Å²) < 4.78 is 0. The van der Waals surface area contributed by atoms with Crippen molar-refractivity contribution in [2.45, 2.75) is 26.2 Å². The fourth-order valence-electron chi connectivity index (χ4n) is 1.55. The molecule has 0 unspecified atom stereocenters. The Morgan fingerprint density at radius 1 is 1.27 bits per heavy atom. The van der Waals surface area contributed by atoms with Crippen molar-refractivity contribution in [3.8, 4) is 0 Å². The normalized spacial score (nSPS) is 12.6. The number of carbonyl (C=O) groups is 1.